The predicted octanol–water partition coefficient (Wildman–Crippen LogP) is 7.25. The van der Waals surface area contributed by atoms with Gasteiger partial charge in [0.05, 0.1) is 25.3 Å². The van der Waals surface area contributed by atoms with Gasteiger partial charge in [0.15, 0.2) is 0 Å². The molecule has 2 aliphatic rings. The zero-order valence-electron chi connectivity index (χ0n) is 25.8. The number of hydrogen-bond acceptors (Lipinski definition) is 7. The molecule has 1 spiro atoms. The normalized spacial score (nSPS) is 18.0. The topological polar surface area (TPSA) is 96.0 Å². The van der Waals surface area contributed by atoms with Gasteiger partial charge in [-0.3, -0.25) is 9.47 Å². The molecule has 2 N–H and O–H groups in total. The van der Waals surface area contributed by atoms with Crippen molar-refractivity contribution in [3.05, 3.63) is 58.8 Å². The van der Waals surface area contributed by atoms with Crippen molar-refractivity contribution in [2.45, 2.75) is 85.4 Å². The van der Waals surface area contributed by atoms with Crippen molar-refractivity contribution >= 4 is 28.7 Å². The summed E-state index contributed by atoms with van der Waals surface area (Å²) in [6.07, 6.45) is 6.03. The van der Waals surface area contributed by atoms with Crippen LogP contribution in [0.4, 0.5) is 10.5 Å². The lowest BCUT2D eigenvalue weighted by atomic mass is 9.83. The molecule has 1 saturated carbocycles. The van der Waals surface area contributed by atoms with Crippen LogP contribution in [-0.2, 0) is 16.0 Å². The van der Waals surface area contributed by atoms with Gasteiger partial charge in [-0.1, -0.05) is 19.9 Å². The van der Waals surface area contributed by atoms with Crippen LogP contribution in [0.2, 0.25) is 0 Å². The molecule has 0 amide bonds. The average molecular weight is 564 g/mol. The van der Waals surface area contributed by atoms with Gasteiger partial charge in [0.25, 0.3) is 0 Å². The second-order valence-electron chi connectivity index (χ2n) is 12.1. The minimum Gasteiger partial charge on any atom is -0.496 e. The minimum absolute atomic E-state index is 0.0990. The Morgan fingerprint density at radius 1 is 1.07 bits per heavy atom. The minimum atomic E-state index is -0.597. The van der Waals surface area contributed by atoms with E-state index in [0.717, 1.165) is 52.7 Å². The van der Waals surface area contributed by atoms with Gasteiger partial charge >= 0.3 is 12.1 Å². The highest BCUT2D eigenvalue weighted by Gasteiger charge is 2.48. The number of nitrogens with two attached hydrogens (primary N) is 1. The molecule has 2 aromatic carbocycles. The van der Waals surface area contributed by atoms with Crippen LogP contribution >= 0.6 is 0 Å². The Morgan fingerprint density at radius 3 is 2.37 bits per heavy atom. The van der Waals surface area contributed by atoms with E-state index in [4.69, 9.17) is 19.9 Å². The van der Waals surface area contributed by atoms with Crippen LogP contribution < -0.4 is 10.5 Å². The summed E-state index contributed by atoms with van der Waals surface area (Å²) in [7, 11) is 3.06. The third-order valence-electron chi connectivity index (χ3n) is 8.22. The first kappa shape index (κ1) is 30.4. The van der Waals surface area contributed by atoms with Crippen LogP contribution in [0.3, 0.4) is 0 Å². The number of hydrogen-bond donors (Lipinski definition) is 1. The fourth-order valence-electron chi connectivity index (χ4n) is 6.00. The number of aryl methyl sites for hydroxylation is 1. The zero-order chi connectivity index (χ0) is 30.1. The van der Waals surface area contributed by atoms with Crippen molar-refractivity contribution < 1.29 is 23.8 Å². The summed E-state index contributed by atoms with van der Waals surface area (Å²) in [6, 6.07) is 9.57. The van der Waals surface area contributed by atoms with E-state index in [2.05, 4.69) is 4.90 Å². The number of carbonyl (C=O) groups is 2. The summed E-state index contributed by atoms with van der Waals surface area (Å²) in [6.45, 7) is 13.1. The van der Waals surface area contributed by atoms with Crippen molar-refractivity contribution in [2.24, 2.45) is 5.41 Å². The molecule has 8 heteroatoms. The van der Waals surface area contributed by atoms with Gasteiger partial charge in [0.2, 0.25) is 0 Å². The fraction of sp³-hybridized carbons (Fsp3) is 0.515. The molecule has 1 aromatic heterocycles. The number of ether oxygens (including phenoxy) is 3. The largest absolute Gasteiger partial charge is 0.496 e. The van der Waals surface area contributed by atoms with Crippen molar-refractivity contribution in [1.29, 1.82) is 0 Å². The van der Waals surface area contributed by atoms with E-state index in [0.29, 0.717) is 23.2 Å². The number of rotatable bonds is 5. The molecular weight excluding hydrogens is 518 g/mol. The predicted molar refractivity (Wildman–Crippen MR) is 162 cm³/mol. The van der Waals surface area contributed by atoms with Gasteiger partial charge in [-0.2, -0.15) is 0 Å². The number of aromatic nitrogens is 1. The first-order chi connectivity index (χ1) is 19.4. The number of piperidine rings is 1. The Hall–Kier alpha value is -3.52. The molecule has 0 radical (unpaired) electrons. The monoisotopic (exact) mass is 563 g/mol. The highest BCUT2D eigenvalue weighted by atomic mass is 16.6. The molecule has 3 aromatic rings. The Morgan fingerprint density at radius 2 is 1.78 bits per heavy atom. The molecule has 8 nitrogen and oxygen atoms in total. The van der Waals surface area contributed by atoms with Gasteiger partial charge in [-0.05, 0) is 101 Å². The van der Waals surface area contributed by atoms with Crippen LogP contribution in [0, 0.1) is 12.3 Å². The van der Waals surface area contributed by atoms with Crippen LogP contribution in [0.15, 0.2) is 36.5 Å². The maximum Gasteiger partial charge on any atom is 0.419 e. The number of likely N-dealkylation sites (tertiary alicyclic amines) is 1. The molecule has 1 atom stereocenters. The van der Waals surface area contributed by atoms with E-state index >= 15 is 0 Å². The smallest absolute Gasteiger partial charge is 0.419 e. The number of carbonyl (C=O) groups excluding carboxylic acids is 2. The fourth-order valence-corrected chi connectivity index (χ4v) is 6.00. The summed E-state index contributed by atoms with van der Waals surface area (Å²) < 4.78 is 18.0. The van der Waals surface area contributed by atoms with E-state index in [9.17, 15) is 9.59 Å². The van der Waals surface area contributed by atoms with Gasteiger partial charge in [0.1, 0.15) is 11.4 Å². The molecule has 1 unspecified atom stereocenters. The maximum absolute atomic E-state index is 13.0. The SMILES string of the molecule is CC.COC(=O)c1ccc(C2CC3(CCN2Cc2c(OC)cc(C)c4c2ccn4C(=O)OC(C)(C)C)CC3)c(N)c1. The molecule has 2 heterocycles. The van der Waals surface area contributed by atoms with Crippen LogP contribution in [0.5, 0.6) is 5.75 Å². The number of methoxy groups -OCH3 is 2. The van der Waals surface area contributed by atoms with Crippen molar-refractivity contribution in [2.75, 3.05) is 26.5 Å². The quantitative estimate of drug-likeness (QED) is 0.258. The summed E-state index contributed by atoms with van der Waals surface area (Å²) in [5, 5.41) is 0.970. The number of nitrogens with zero attached hydrogens (tertiary/aromatic N) is 2. The van der Waals surface area contributed by atoms with Crippen LogP contribution in [-0.4, -0.2) is 47.9 Å². The van der Waals surface area contributed by atoms with Gasteiger partial charge < -0.3 is 19.9 Å². The lowest BCUT2D eigenvalue weighted by molar-refractivity contribution is 0.0542. The molecule has 1 aliphatic carbocycles. The number of benzene rings is 2. The second kappa shape index (κ2) is 11.8. The molecule has 1 saturated heterocycles. The summed E-state index contributed by atoms with van der Waals surface area (Å²) in [5.74, 6) is 0.398. The number of fused-ring (bicyclic) bond motifs is 1. The third-order valence-corrected chi connectivity index (χ3v) is 8.22. The number of anilines is 1. The molecule has 222 valence electrons. The molecule has 1 aliphatic heterocycles. The van der Waals surface area contributed by atoms with Crippen molar-refractivity contribution in [3.8, 4) is 5.75 Å². The second-order valence-corrected chi connectivity index (χ2v) is 12.1. The molecule has 5 rings (SSSR count). The number of esters is 1. The van der Waals surface area contributed by atoms with Gasteiger partial charge in [0, 0.05) is 35.4 Å². The standard InChI is InChI=1S/C31H39N3O5.C2H6/c1-19-15-26(37-5)23(21-9-13-34(27(19)21)29(36)39-30(2,3)4)18-33-14-12-31(10-11-31)17-25(33)22-8-7-20(16-24(22)32)28(35)38-6;1-2/h7-9,13,15-16,25H,10-12,14,17-18,32H2,1-6H3;1-2H3. The van der Waals surface area contributed by atoms with E-state index in [1.54, 1.807) is 30.0 Å². The maximum atomic E-state index is 13.0. The van der Waals surface area contributed by atoms with Crippen LogP contribution in [0.1, 0.15) is 93.4 Å². The first-order valence-electron chi connectivity index (χ1n) is 14.6. The van der Waals surface area contributed by atoms with Crippen molar-refractivity contribution in [1.82, 2.24) is 9.47 Å². The molecular formula is C33H45N3O5. The van der Waals surface area contributed by atoms with E-state index in [1.165, 1.54) is 20.0 Å². The first-order valence-corrected chi connectivity index (χ1v) is 14.6. The lowest BCUT2D eigenvalue weighted by Crippen LogP contribution is -2.37. The Labute approximate surface area is 243 Å². The third kappa shape index (κ3) is 6.22. The molecule has 0 bridgehead atoms. The number of nitrogen functional groups attached to an aromatic ring is 1. The summed E-state index contributed by atoms with van der Waals surface area (Å²) >= 11 is 0. The van der Waals surface area contributed by atoms with E-state index in [1.807, 2.05) is 59.7 Å². The lowest BCUT2D eigenvalue weighted by Gasteiger charge is -2.41. The molecule has 2 fully saturated rings. The zero-order valence-corrected chi connectivity index (χ0v) is 25.8. The molecule has 41 heavy (non-hydrogen) atoms. The van der Waals surface area contributed by atoms with E-state index in [-0.39, 0.29) is 6.04 Å². The van der Waals surface area contributed by atoms with E-state index < -0.39 is 17.7 Å². The Kier molecular flexibility index (Phi) is 8.73. The van der Waals surface area contributed by atoms with Crippen molar-refractivity contribution in [3.63, 3.8) is 0 Å². The van der Waals surface area contributed by atoms with Gasteiger partial charge in [-0.15, -0.1) is 0 Å². The van der Waals surface area contributed by atoms with Crippen LogP contribution in [0.25, 0.3) is 10.9 Å². The Balaban J connectivity index is 0.00000189. The van der Waals surface area contributed by atoms with Gasteiger partial charge in [-0.25, -0.2) is 9.59 Å². The summed E-state index contributed by atoms with van der Waals surface area (Å²) in [5.41, 5.74) is 11.2. The highest BCUT2D eigenvalue weighted by molar-refractivity contribution is 5.95. The average Bonchev–Trinajstić information content (AvgIpc) is 3.53. The summed E-state index contributed by atoms with van der Waals surface area (Å²) in [4.78, 5) is 27.6. The Bertz CT molecular complexity index is 1430. The highest BCUT2D eigenvalue weighted by Crippen LogP contribution is 2.59.